The molecule has 2 fully saturated rings. The van der Waals surface area contributed by atoms with Gasteiger partial charge in [0.2, 0.25) is 5.91 Å². The topological polar surface area (TPSA) is 78.9 Å². The van der Waals surface area contributed by atoms with Crippen molar-refractivity contribution in [2.24, 2.45) is 0 Å². The van der Waals surface area contributed by atoms with Crippen LogP contribution in [0.3, 0.4) is 0 Å². The molecule has 1 aromatic carbocycles. The first kappa shape index (κ1) is 16.7. The molecular weight excluding hydrogens is 340 g/mol. The Bertz CT molecular complexity index is 681. The monoisotopic (exact) mass is 362 g/mol. The molecule has 1 unspecified atom stereocenters. The van der Waals surface area contributed by atoms with Crippen LogP contribution in [0, 0.1) is 0 Å². The average Bonchev–Trinajstić information content (AvgIpc) is 3.16. The predicted octanol–water partition coefficient (Wildman–Crippen LogP) is 1.66. The van der Waals surface area contributed by atoms with Crippen LogP contribution in [-0.4, -0.2) is 58.2 Å². The molecular formula is C18H22N2O4S. The third-order valence-corrected chi connectivity index (χ3v) is 6.44. The number of thioether (sulfide) groups is 1. The van der Waals surface area contributed by atoms with Crippen LogP contribution in [0.4, 0.5) is 0 Å². The number of aliphatic carboxylic acids is 1. The van der Waals surface area contributed by atoms with Gasteiger partial charge >= 0.3 is 5.97 Å². The molecule has 3 heterocycles. The van der Waals surface area contributed by atoms with E-state index in [1.807, 2.05) is 29.2 Å². The number of hydrogen-bond donors (Lipinski definition) is 2. The molecule has 2 N–H and O–H groups in total. The lowest BCUT2D eigenvalue weighted by atomic mass is 9.77. The molecule has 1 spiro atoms. The number of carboxylic acid groups (broad SMARTS) is 1. The molecule has 2 atom stereocenters. The Morgan fingerprint density at radius 1 is 1.28 bits per heavy atom. The quantitative estimate of drug-likeness (QED) is 0.833. The van der Waals surface area contributed by atoms with Gasteiger partial charge in [-0.15, -0.1) is 11.8 Å². The number of benzene rings is 1. The maximum atomic E-state index is 12.6. The maximum absolute atomic E-state index is 12.6. The number of piperidine rings is 1. The summed E-state index contributed by atoms with van der Waals surface area (Å²) in [5.74, 6) is 1.14. The minimum atomic E-state index is -0.805. The zero-order chi connectivity index (χ0) is 17.4. The molecule has 0 radical (unpaired) electrons. The highest BCUT2D eigenvalue weighted by Gasteiger charge is 2.46. The van der Waals surface area contributed by atoms with Crippen molar-refractivity contribution in [2.75, 3.05) is 24.7 Å². The highest BCUT2D eigenvalue weighted by molar-refractivity contribution is 7.99. The molecule has 1 aromatic rings. The van der Waals surface area contributed by atoms with Crippen LogP contribution in [-0.2, 0) is 9.59 Å². The zero-order valence-corrected chi connectivity index (χ0v) is 14.8. The SMILES string of the molecule is O=C(O)C1CC2(CCN(C(=O)[C@@H]3CSCN3)CC2)Oc2ccccc21. The Balaban J connectivity index is 1.49. The molecule has 6 nitrogen and oxygen atoms in total. The highest BCUT2D eigenvalue weighted by Crippen LogP contribution is 2.45. The standard InChI is InChI=1S/C18H22N2O4S/c21-16(14-10-25-11-19-14)20-7-5-18(6-8-20)9-13(17(22)23)12-3-1-2-4-15(12)24-18/h1-4,13-14,19H,5-11H2,(H,22,23)/t13?,14-/m0/s1. The van der Waals surface area contributed by atoms with Crippen LogP contribution in [0.25, 0.3) is 0 Å². The molecule has 0 aromatic heterocycles. The summed E-state index contributed by atoms with van der Waals surface area (Å²) in [6, 6.07) is 7.33. The number of para-hydroxylation sites is 1. The summed E-state index contributed by atoms with van der Waals surface area (Å²) in [6.07, 6.45) is 1.83. The Kier molecular flexibility index (Phi) is 4.37. The second kappa shape index (κ2) is 6.53. The van der Waals surface area contributed by atoms with E-state index in [9.17, 15) is 14.7 Å². The molecule has 3 aliphatic heterocycles. The van der Waals surface area contributed by atoms with Crippen molar-refractivity contribution in [1.82, 2.24) is 10.2 Å². The van der Waals surface area contributed by atoms with Gasteiger partial charge in [0.25, 0.3) is 0 Å². The summed E-state index contributed by atoms with van der Waals surface area (Å²) in [5, 5.41) is 12.9. The summed E-state index contributed by atoms with van der Waals surface area (Å²) in [7, 11) is 0. The van der Waals surface area contributed by atoms with Gasteiger partial charge in [-0.3, -0.25) is 14.9 Å². The van der Waals surface area contributed by atoms with Crippen molar-refractivity contribution in [3.63, 3.8) is 0 Å². The average molecular weight is 362 g/mol. The van der Waals surface area contributed by atoms with Crippen LogP contribution >= 0.6 is 11.8 Å². The second-order valence-corrected chi connectivity index (χ2v) is 8.05. The highest BCUT2D eigenvalue weighted by atomic mass is 32.2. The van der Waals surface area contributed by atoms with Gasteiger partial charge in [0.05, 0.1) is 12.0 Å². The number of hydrogen-bond acceptors (Lipinski definition) is 5. The molecule has 2 saturated heterocycles. The lowest BCUT2D eigenvalue weighted by Gasteiger charge is -2.46. The molecule has 7 heteroatoms. The van der Waals surface area contributed by atoms with Gasteiger partial charge < -0.3 is 14.7 Å². The number of ether oxygens (including phenoxy) is 1. The van der Waals surface area contributed by atoms with Crippen LogP contribution in [0.2, 0.25) is 0 Å². The Hall–Kier alpha value is -1.73. The van der Waals surface area contributed by atoms with E-state index >= 15 is 0 Å². The van der Waals surface area contributed by atoms with Crippen LogP contribution in [0.5, 0.6) is 5.75 Å². The van der Waals surface area contributed by atoms with E-state index in [0.717, 1.165) is 17.2 Å². The zero-order valence-electron chi connectivity index (χ0n) is 13.9. The first-order valence-electron chi connectivity index (χ1n) is 8.69. The predicted molar refractivity (Wildman–Crippen MR) is 94.9 cm³/mol. The number of nitrogens with zero attached hydrogens (tertiary/aromatic N) is 1. The summed E-state index contributed by atoms with van der Waals surface area (Å²) < 4.78 is 6.27. The van der Waals surface area contributed by atoms with E-state index in [1.165, 1.54) is 0 Å². The fourth-order valence-electron chi connectivity index (χ4n) is 4.05. The van der Waals surface area contributed by atoms with Gasteiger partial charge in [-0.25, -0.2) is 0 Å². The summed E-state index contributed by atoms with van der Waals surface area (Å²) >= 11 is 1.74. The van der Waals surface area contributed by atoms with Gasteiger partial charge in [-0.1, -0.05) is 18.2 Å². The molecule has 0 saturated carbocycles. The third kappa shape index (κ3) is 3.11. The Morgan fingerprint density at radius 3 is 2.72 bits per heavy atom. The van der Waals surface area contributed by atoms with Gasteiger partial charge in [0.1, 0.15) is 11.4 Å². The van der Waals surface area contributed by atoms with Crippen molar-refractivity contribution in [3.05, 3.63) is 29.8 Å². The van der Waals surface area contributed by atoms with Crippen molar-refractivity contribution in [2.45, 2.75) is 36.8 Å². The molecule has 134 valence electrons. The van der Waals surface area contributed by atoms with Crippen molar-refractivity contribution >= 4 is 23.6 Å². The van der Waals surface area contributed by atoms with E-state index in [-0.39, 0.29) is 11.9 Å². The number of rotatable bonds is 2. The Morgan fingerprint density at radius 2 is 2.04 bits per heavy atom. The molecule has 25 heavy (non-hydrogen) atoms. The molecule has 4 rings (SSSR count). The third-order valence-electron chi connectivity index (χ3n) is 5.50. The second-order valence-electron chi connectivity index (χ2n) is 7.01. The minimum Gasteiger partial charge on any atom is -0.487 e. The van der Waals surface area contributed by atoms with E-state index in [0.29, 0.717) is 38.1 Å². The summed E-state index contributed by atoms with van der Waals surface area (Å²) in [6.45, 7) is 1.24. The number of nitrogens with one attached hydrogen (secondary N) is 1. The maximum Gasteiger partial charge on any atom is 0.311 e. The minimum absolute atomic E-state index is 0.0844. The molecule has 0 aliphatic carbocycles. The van der Waals surface area contributed by atoms with Crippen molar-refractivity contribution in [3.8, 4) is 5.75 Å². The normalized spacial score (nSPS) is 27.6. The molecule has 1 amide bonds. The van der Waals surface area contributed by atoms with Gasteiger partial charge in [0, 0.05) is 49.5 Å². The molecule has 3 aliphatic rings. The van der Waals surface area contributed by atoms with Crippen LogP contribution in [0.1, 0.15) is 30.7 Å². The summed E-state index contributed by atoms with van der Waals surface area (Å²) in [5.41, 5.74) is 0.276. The summed E-state index contributed by atoms with van der Waals surface area (Å²) in [4.78, 5) is 26.2. The van der Waals surface area contributed by atoms with E-state index in [1.54, 1.807) is 11.8 Å². The lowest BCUT2D eigenvalue weighted by molar-refractivity contribution is -0.144. The van der Waals surface area contributed by atoms with E-state index in [2.05, 4.69) is 5.32 Å². The fourth-order valence-corrected chi connectivity index (χ4v) is 4.99. The molecule has 0 bridgehead atoms. The van der Waals surface area contributed by atoms with Gasteiger partial charge in [0.15, 0.2) is 0 Å². The number of amides is 1. The number of fused-ring (bicyclic) bond motifs is 1. The lowest BCUT2D eigenvalue weighted by Crippen LogP contribution is -2.55. The van der Waals surface area contributed by atoms with Crippen molar-refractivity contribution in [1.29, 1.82) is 0 Å². The van der Waals surface area contributed by atoms with Gasteiger partial charge in [-0.2, -0.15) is 0 Å². The Labute approximate surface area is 150 Å². The smallest absolute Gasteiger partial charge is 0.311 e. The number of carboxylic acids is 1. The number of likely N-dealkylation sites (tertiary alicyclic amines) is 1. The first-order chi connectivity index (χ1) is 12.1. The van der Waals surface area contributed by atoms with E-state index in [4.69, 9.17) is 4.74 Å². The van der Waals surface area contributed by atoms with Crippen LogP contribution in [0.15, 0.2) is 24.3 Å². The fraction of sp³-hybridized carbons (Fsp3) is 0.556. The number of carbonyl (C=O) groups excluding carboxylic acids is 1. The first-order valence-corrected chi connectivity index (χ1v) is 9.84. The van der Waals surface area contributed by atoms with E-state index < -0.39 is 17.5 Å². The van der Waals surface area contributed by atoms with Crippen LogP contribution < -0.4 is 10.1 Å². The largest absolute Gasteiger partial charge is 0.487 e. The van der Waals surface area contributed by atoms with Crippen molar-refractivity contribution < 1.29 is 19.4 Å². The van der Waals surface area contributed by atoms with Gasteiger partial charge in [-0.05, 0) is 6.07 Å². The number of carbonyl (C=O) groups is 2.